The van der Waals surface area contributed by atoms with Crippen LogP contribution >= 0.6 is 15.9 Å². The van der Waals surface area contributed by atoms with E-state index in [9.17, 15) is 9.18 Å². The number of carbonyl (C=O) groups excluding carboxylic acids is 1. The number of hydrogen-bond donors (Lipinski definition) is 0. The summed E-state index contributed by atoms with van der Waals surface area (Å²) in [5.74, 6) is 0.145. The number of benzene rings is 3. The highest BCUT2D eigenvalue weighted by molar-refractivity contribution is 9.10. The maximum Gasteiger partial charge on any atom is 0.411 e. The van der Waals surface area contributed by atoms with E-state index in [4.69, 9.17) is 4.74 Å². The van der Waals surface area contributed by atoms with Gasteiger partial charge in [-0.3, -0.25) is 4.90 Å². The van der Waals surface area contributed by atoms with E-state index in [1.165, 1.54) is 11.6 Å². The first kappa shape index (κ1) is 23.7. The number of ether oxygens (including phenoxy) is 1. The monoisotopic (exact) mass is 511 g/mol. The molecule has 0 N–H and O–H groups in total. The Morgan fingerprint density at radius 2 is 1.70 bits per heavy atom. The second-order valence-electron chi connectivity index (χ2n) is 9.96. The molecular weight excluding hydrogens is 481 g/mol. The Hall–Kier alpha value is -2.40. The molecule has 3 nitrogen and oxygen atoms in total. The molecule has 0 spiro atoms. The van der Waals surface area contributed by atoms with Crippen LogP contribution in [-0.2, 0) is 4.74 Å². The van der Waals surface area contributed by atoms with Crippen LogP contribution in [0.5, 0.6) is 0 Å². The second-order valence-corrected chi connectivity index (χ2v) is 10.9. The Balaban J connectivity index is 1.68. The van der Waals surface area contributed by atoms with E-state index in [2.05, 4.69) is 40.2 Å². The molecule has 0 saturated heterocycles. The first-order chi connectivity index (χ1) is 15.6. The maximum atomic E-state index is 14.5. The molecule has 1 aliphatic rings. The van der Waals surface area contributed by atoms with E-state index in [0.717, 1.165) is 34.7 Å². The SMILES string of the molecule is C[C@H](c1ccc(F)c2ccccc12)N(C(=O)OC(C)(C)C)[C@H]1CC[C@@H](c2ccc(Br)cc2)C1. The lowest BCUT2D eigenvalue weighted by atomic mass is 9.95. The van der Waals surface area contributed by atoms with Crippen LogP contribution in [0.3, 0.4) is 0 Å². The molecule has 1 fully saturated rings. The number of hydrogen-bond acceptors (Lipinski definition) is 2. The lowest BCUT2D eigenvalue weighted by molar-refractivity contribution is 0.00693. The molecule has 174 valence electrons. The molecule has 3 aromatic carbocycles. The smallest absolute Gasteiger partial charge is 0.411 e. The Bertz CT molecular complexity index is 1140. The van der Waals surface area contributed by atoms with Crippen molar-refractivity contribution in [3.63, 3.8) is 0 Å². The molecule has 0 heterocycles. The zero-order valence-corrected chi connectivity index (χ0v) is 21.2. The van der Waals surface area contributed by atoms with Crippen LogP contribution in [0.15, 0.2) is 65.1 Å². The quantitative estimate of drug-likeness (QED) is 0.352. The zero-order chi connectivity index (χ0) is 23.8. The summed E-state index contributed by atoms with van der Waals surface area (Å²) in [6.45, 7) is 7.69. The largest absolute Gasteiger partial charge is 0.444 e. The van der Waals surface area contributed by atoms with Crippen molar-refractivity contribution < 1.29 is 13.9 Å². The minimum atomic E-state index is -0.594. The highest BCUT2D eigenvalue weighted by atomic mass is 79.9. The van der Waals surface area contributed by atoms with Crippen LogP contribution < -0.4 is 0 Å². The Morgan fingerprint density at radius 1 is 1.03 bits per heavy atom. The van der Waals surface area contributed by atoms with Gasteiger partial charge in [0.2, 0.25) is 0 Å². The molecule has 3 aromatic rings. The molecule has 0 aliphatic heterocycles. The summed E-state index contributed by atoms with van der Waals surface area (Å²) in [6.07, 6.45) is 2.49. The van der Waals surface area contributed by atoms with Crippen LogP contribution in [0.2, 0.25) is 0 Å². The summed E-state index contributed by atoms with van der Waals surface area (Å²) in [6, 6.07) is 19.0. The number of amides is 1. The average Bonchev–Trinajstić information content (AvgIpc) is 3.23. The third-order valence-corrected chi connectivity index (χ3v) is 7.04. The van der Waals surface area contributed by atoms with E-state index in [-0.39, 0.29) is 24.0 Å². The average molecular weight is 512 g/mol. The van der Waals surface area contributed by atoms with Crippen LogP contribution in [0.4, 0.5) is 9.18 Å². The summed E-state index contributed by atoms with van der Waals surface area (Å²) in [7, 11) is 0. The summed E-state index contributed by atoms with van der Waals surface area (Å²) < 4.78 is 21.4. The normalized spacial score (nSPS) is 19.5. The summed E-state index contributed by atoms with van der Waals surface area (Å²) in [4.78, 5) is 15.4. The third-order valence-electron chi connectivity index (χ3n) is 6.52. The summed E-state index contributed by atoms with van der Waals surface area (Å²) >= 11 is 3.51. The Labute approximate surface area is 204 Å². The van der Waals surface area contributed by atoms with Crippen LogP contribution in [0.25, 0.3) is 10.8 Å². The molecule has 33 heavy (non-hydrogen) atoms. The lowest BCUT2D eigenvalue weighted by Crippen LogP contribution is -2.44. The van der Waals surface area contributed by atoms with Crippen LogP contribution in [-0.4, -0.2) is 22.6 Å². The fourth-order valence-corrected chi connectivity index (χ4v) is 5.25. The molecule has 5 heteroatoms. The minimum Gasteiger partial charge on any atom is -0.444 e. The topological polar surface area (TPSA) is 29.5 Å². The number of rotatable bonds is 4. The van der Waals surface area contributed by atoms with Gasteiger partial charge < -0.3 is 4.74 Å². The highest BCUT2D eigenvalue weighted by Crippen LogP contribution is 2.41. The van der Waals surface area contributed by atoms with Crippen molar-refractivity contribution >= 4 is 32.8 Å². The standard InChI is InChI=1S/C28H31BrFNO2/c1-18(23-15-16-26(30)25-8-6-5-7-24(23)25)31(27(32)33-28(2,3)4)22-14-11-20(17-22)19-9-12-21(29)13-10-19/h5-10,12-13,15-16,18,20,22H,11,14,17H2,1-4H3/t18-,20-,22+/m1/s1. The van der Waals surface area contributed by atoms with Gasteiger partial charge in [-0.25, -0.2) is 9.18 Å². The van der Waals surface area contributed by atoms with Gasteiger partial charge in [0.25, 0.3) is 0 Å². The van der Waals surface area contributed by atoms with Crippen molar-refractivity contribution in [2.75, 3.05) is 0 Å². The van der Waals surface area contributed by atoms with Crippen LogP contribution in [0.1, 0.15) is 70.0 Å². The highest BCUT2D eigenvalue weighted by Gasteiger charge is 2.38. The van der Waals surface area contributed by atoms with Gasteiger partial charge >= 0.3 is 6.09 Å². The molecule has 4 rings (SSSR count). The van der Waals surface area contributed by atoms with Crippen LogP contribution in [0, 0.1) is 5.82 Å². The van der Waals surface area contributed by atoms with Crippen molar-refractivity contribution in [1.82, 2.24) is 4.90 Å². The molecule has 0 radical (unpaired) electrons. The number of carbonyl (C=O) groups is 1. The molecule has 0 unspecified atom stereocenters. The maximum absolute atomic E-state index is 14.5. The van der Waals surface area contributed by atoms with Gasteiger partial charge in [0.15, 0.2) is 0 Å². The first-order valence-corrected chi connectivity index (χ1v) is 12.4. The molecular formula is C28H31BrFNO2. The molecule has 1 saturated carbocycles. The van der Waals surface area contributed by atoms with Gasteiger partial charge in [-0.05, 0) is 87.6 Å². The van der Waals surface area contributed by atoms with Crippen molar-refractivity contribution in [2.45, 2.75) is 70.6 Å². The Kier molecular flexibility index (Phi) is 6.81. The molecule has 1 aliphatic carbocycles. The van der Waals surface area contributed by atoms with Gasteiger partial charge in [-0.1, -0.05) is 58.4 Å². The molecule has 1 amide bonds. The molecule has 0 aromatic heterocycles. The van der Waals surface area contributed by atoms with Crippen molar-refractivity contribution in [2.24, 2.45) is 0 Å². The lowest BCUT2D eigenvalue weighted by Gasteiger charge is -2.37. The number of fused-ring (bicyclic) bond motifs is 1. The predicted octanol–water partition coefficient (Wildman–Crippen LogP) is 8.38. The van der Waals surface area contributed by atoms with E-state index in [1.54, 1.807) is 12.1 Å². The summed E-state index contributed by atoms with van der Waals surface area (Å²) in [5, 5.41) is 1.41. The van der Waals surface area contributed by atoms with Crippen molar-refractivity contribution in [3.05, 3.63) is 82.1 Å². The molecule has 0 bridgehead atoms. The third kappa shape index (κ3) is 5.24. The van der Waals surface area contributed by atoms with E-state index >= 15 is 0 Å². The first-order valence-electron chi connectivity index (χ1n) is 11.6. The van der Waals surface area contributed by atoms with E-state index in [1.807, 2.05) is 50.8 Å². The molecule has 3 atom stereocenters. The fourth-order valence-electron chi connectivity index (χ4n) is 4.99. The summed E-state index contributed by atoms with van der Waals surface area (Å²) in [5.41, 5.74) is 1.64. The van der Waals surface area contributed by atoms with Crippen molar-refractivity contribution in [1.29, 1.82) is 0 Å². The van der Waals surface area contributed by atoms with E-state index < -0.39 is 5.60 Å². The van der Waals surface area contributed by atoms with Gasteiger partial charge in [0, 0.05) is 15.9 Å². The predicted molar refractivity (Wildman–Crippen MR) is 135 cm³/mol. The van der Waals surface area contributed by atoms with Gasteiger partial charge in [0.05, 0.1) is 6.04 Å². The van der Waals surface area contributed by atoms with Crippen molar-refractivity contribution in [3.8, 4) is 0 Å². The van der Waals surface area contributed by atoms with Gasteiger partial charge in [0.1, 0.15) is 11.4 Å². The number of nitrogens with zero attached hydrogens (tertiary/aromatic N) is 1. The number of halogens is 2. The van der Waals surface area contributed by atoms with Gasteiger partial charge in [-0.15, -0.1) is 0 Å². The second kappa shape index (κ2) is 9.46. The zero-order valence-electron chi connectivity index (χ0n) is 19.6. The fraction of sp³-hybridized carbons (Fsp3) is 0.393. The Morgan fingerprint density at radius 3 is 2.36 bits per heavy atom. The minimum absolute atomic E-state index is 0.0484. The van der Waals surface area contributed by atoms with Gasteiger partial charge in [-0.2, -0.15) is 0 Å². The van der Waals surface area contributed by atoms with E-state index in [0.29, 0.717) is 11.3 Å².